The zero-order chi connectivity index (χ0) is 15.7. The molecule has 1 heterocycles. The van der Waals surface area contributed by atoms with Gasteiger partial charge in [-0.2, -0.15) is 0 Å². The molecule has 1 fully saturated rings. The summed E-state index contributed by atoms with van der Waals surface area (Å²) in [6.45, 7) is 12.9. The zero-order valence-electron chi connectivity index (χ0n) is 12.2. The van der Waals surface area contributed by atoms with Gasteiger partial charge in [-0.25, -0.2) is 9.64 Å². The number of aryl methyl sites for hydroxylation is 1. The van der Waals surface area contributed by atoms with Gasteiger partial charge in [0.25, 0.3) is 0 Å². The molecule has 2 aromatic carbocycles. The normalized spacial score (nSPS) is 20.5. The van der Waals surface area contributed by atoms with Crippen LogP contribution in [0.1, 0.15) is 28.7 Å². The van der Waals surface area contributed by atoms with Crippen LogP contribution in [0.4, 0.5) is 5.69 Å². The molecule has 2 atom stereocenters. The first-order chi connectivity index (χ1) is 10.6. The van der Waals surface area contributed by atoms with Gasteiger partial charge in [-0.3, -0.25) is 0 Å². The topological polar surface area (TPSA) is 30.7 Å². The third-order valence-corrected chi connectivity index (χ3v) is 3.96. The molecule has 108 valence electrons. The van der Waals surface area contributed by atoms with Crippen LogP contribution in [-0.2, 0) is 9.53 Å². The molecule has 0 unspecified atom stereocenters. The lowest BCUT2D eigenvalue weighted by molar-refractivity contribution is -0.139. The number of esters is 1. The maximum absolute atomic E-state index is 12.0. The Balaban J connectivity index is 2.01. The first-order valence-electron chi connectivity index (χ1n) is 7.04. The van der Waals surface area contributed by atoms with Gasteiger partial charge in [0, 0.05) is 5.57 Å². The van der Waals surface area contributed by atoms with Crippen LogP contribution in [0.25, 0.3) is 4.85 Å². The highest BCUT2D eigenvalue weighted by Gasteiger charge is 2.40. The van der Waals surface area contributed by atoms with E-state index in [1.54, 1.807) is 12.1 Å². The number of carbonyl (C=O) groups is 1. The maximum Gasteiger partial charge on any atom is 0.334 e. The summed E-state index contributed by atoms with van der Waals surface area (Å²) in [5.41, 5.74) is 4.10. The van der Waals surface area contributed by atoms with Crippen LogP contribution in [0.5, 0.6) is 0 Å². The van der Waals surface area contributed by atoms with E-state index in [2.05, 4.69) is 11.4 Å². The van der Waals surface area contributed by atoms with E-state index in [4.69, 9.17) is 11.3 Å². The second-order valence-corrected chi connectivity index (χ2v) is 5.44. The molecule has 1 aliphatic rings. The van der Waals surface area contributed by atoms with Gasteiger partial charge in [-0.05, 0) is 18.1 Å². The summed E-state index contributed by atoms with van der Waals surface area (Å²) < 4.78 is 5.51. The average Bonchev–Trinajstić information content (AvgIpc) is 2.84. The summed E-state index contributed by atoms with van der Waals surface area (Å²) in [6, 6.07) is 15.2. The first-order valence-corrected chi connectivity index (χ1v) is 7.04. The van der Waals surface area contributed by atoms with Crippen molar-refractivity contribution in [1.29, 1.82) is 0 Å². The third-order valence-electron chi connectivity index (χ3n) is 3.96. The van der Waals surface area contributed by atoms with E-state index in [9.17, 15) is 4.79 Å². The van der Waals surface area contributed by atoms with E-state index in [0.717, 1.165) is 16.7 Å². The van der Waals surface area contributed by atoms with E-state index < -0.39 is 0 Å². The van der Waals surface area contributed by atoms with Crippen molar-refractivity contribution in [2.24, 2.45) is 0 Å². The van der Waals surface area contributed by atoms with Crippen LogP contribution < -0.4 is 0 Å². The van der Waals surface area contributed by atoms with Gasteiger partial charge in [-0.1, -0.05) is 60.7 Å². The summed E-state index contributed by atoms with van der Waals surface area (Å²) in [5.74, 6) is -0.545. The van der Waals surface area contributed by atoms with Gasteiger partial charge in [-0.15, -0.1) is 0 Å². The molecule has 0 aromatic heterocycles. The van der Waals surface area contributed by atoms with Crippen molar-refractivity contribution in [3.05, 3.63) is 88.8 Å². The van der Waals surface area contributed by atoms with E-state index in [0.29, 0.717) is 11.3 Å². The second-order valence-electron chi connectivity index (χ2n) is 5.44. The Morgan fingerprint density at radius 3 is 2.23 bits per heavy atom. The van der Waals surface area contributed by atoms with Crippen molar-refractivity contribution in [3.8, 4) is 0 Å². The molecule has 3 heteroatoms. The molecule has 0 amide bonds. The van der Waals surface area contributed by atoms with Crippen molar-refractivity contribution >= 4 is 11.7 Å². The number of nitrogens with zero attached hydrogens (tertiary/aromatic N) is 1. The number of benzene rings is 2. The molecule has 2 aromatic rings. The van der Waals surface area contributed by atoms with Gasteiger partial charge in [0.05, 0.1) is 12.5 Å². The van der Waals surface area contributed by atoms with E-state index in [-0.39, 0.29) is 18.0 Å². The van der Waals surface area contributed by atoms with Gasteiger partial charge >= 0.3 is 5.97 Å². The molecule has 0 spiro atoms. The highest BCUT2D eigenvalue weighted by atomic mass is 16.6. The summed E-state index contributed by atoms with van der Waals surface area (Å²) in [4.78, 5) is 15.3. The third kappa shape index (κ3) is 2.40. The number of rotatable bonds is 2. The Morgan fingerprint density at radius 2 is 1.64 bits per heavy atom. The van der Waals surface area contributed by atoms with Crippen LogP contribution in [-0.4, -0.2) is 5.97 Å². The molecule has 0 radical (unpaired) electrons. The van der Waals surface area contributed by atoms with Gasteiger partial charge in [0.1, 0.15) is 6.10 Å². The molecule has 22 heavy (non-hydrogen) atoms. The molecule has 1 saturated heterocycles. The molecule has 3 nitrogen and oxygen atoms in total. The predicted octanol–water partition coefficient (Wildman–Crippen LogP) is 4.48. The molecular formula is C19H15NO2. The molecule has 0 N–H and O–H groups in total. The lowest BCUT2D eigenvalue weighted by Crippen LogP contribution is -2.07. The number of carbonyl (C=O) groups excluding carboxylic acids is 1. The fourth-order valence-electron chi connectivity index (χ4n) is 2.72. The Labute approximate surface area is 129 Å². The molecule has 3 rings (SSSR count). The van der Waals surface area contributed by atoms with Crippen LogP contribution >= 0.6 is 0 Å². The summed E-state index contributed by atoms with van der Waals surface area (Å²) in [5, 5.41) is 0. The Morgan fingerprint density at radius 1 is 1.05 bits per heavy atom. The van der Waals surface area contributed by atoms with E-state index >= 15 is 0 Å². The predicted molar refractivity (Wildman–Crippen MR) is 84.6 cm³/mol. The number of cyclic esters (lactones) is 1. The molecule has 0 aliphatic carbocycles. The van der Waals surface area contributed by atoms with Crippen molar-refractivity contribution in [3.63, 3.8) is 0 Å². The lowest BCUT2D eigenvalue weighted by Gasteiger charge is -2.19. The molecular weight excluding hydrogens is 274 g/mol. The van der Waals surface area contributed by atoms with Gasteiger partial charge in [0.2, 0.25) is 0 Å². The summed E-state index contributed by atoms with van der Waals surface area (Å²) >= 11 is 0. The van der Waals surface area contributed by atoms with Crippen molar-refractivity contribution in [1.82, 2.24) is 0 Å². The van der Waals surface area contributed by atoms with Crippen LogP contribution in [0.2, 0.25) is 0 Å². The highest BCUT2D eigenvalue weighted by molar-refractivity contribution is 5.92. The Bertz CT molecular complexity index is 767. The van der Waals surface area contributed by atoms with Gasteiger partial charge < -0.3 is 4.74 Å². The Kier molecular flexibility index (Phi) is 3.52. The number of hydrogen-bond acceptors (Lipinski definition) is 2. The quantitative estimate of drug-likeness (QED) is 0.463. The minimum Gasteiger partial charge on any atom is -0.453 e. The average molecular weight is 289 g/mol. The number of hydrogen-bond donors (Lipinski definition) is 0. The zero-order valence-corrected chi connectivity index (χ0v) is 12.2. The fraction of sp³-hybridized carbons (Fsp3) is 0.158. The first kappa shape index (κ1) is 14.1. The van der Waals surface area contributed by atoms with Gasteiger partial charge in [0.15, 0.2) is 5.69 Å². The van der Waals surface area contributed by atoms with E-state index in [1.807, 2.05) is 43.3 Å². The van der Waals surface area contributed by atoms with Crippen molar-refractivity contribution in [2.75, 3.05) is 0 Å². The molecule has 0 saturated carbocycles. The molecule has 0 bridgehead atoms. The summed E-state index contributed by atoms with van der Waals surface area (Å²) in [7, 11) is 0. The smallest absolute Gasteiger partial charge is 0.334 e. The Hall–Kier alpha value is -2.86. The summed E-state index contributed by atoms with van der Waals surface area (Å²) in [6.07, 6.45) is -0.387. The fourth-order valence-corrected chi connectivity index (χ4v) is 2.72. The van der Waals surface area contributed by atoms with Crippen LogP contribution in [0.15, 0.2) is 60.7 Å². The highest BCUT2D eigenvalue weighted by Crippen LogP contribution is 2.45. The SMILES string of the molecule is [C-]#[N+]c1ccc([C@H]2OC(=O)C(=C)[C@H]2c2ccc(C)cc2)cc1. The maximum atomic E-state index is 12.0. The lowest BCUT2D eigenvalue weighted by atomic mass is 9.86. The number of ether oxygens (including phenoxy) is 1. The van der Waals surface area contributed by atoms with Crippen molar-refractivity contribution in [2.45, 2.75) is 18.9 Å². The largest absolute Gasteiger partial charge is 0.453 e. The van der Waals surface area contributed by atoms with E-state index in [1.165, 1.54) is 0 Å². The van der Waals surface area contributed by atoms with Crippen molar-refractivity contribution < 1.29 is 9.53 Å². The minimum absolute atomic E-state index is 0.188. The van der Waals surface area contributed by atoms with Crippen LogP contribution in [0.3, 0.4) is 0 Å². The van der Waals surface area contributed by atoms with Crippen LogP contribution in [0, 0.1) is 13.5 Å². The standard InChI is InChI=1S/C19H15NO2/c1-12-4-6-14(7-5-12)17-13(2)19(21)22-18(17)15-8-10-16(20-3)11-9-15/h4-11,17-18H,2H2,1H3/t17-,18+/m0/s1. The second kappa shape index (κ2) is 5.50. The molecule has 1 aliphatic heterocycles. The minimum atomic E-state index is -0.387. The monoisotopic (exact) mass is 289 g/mol.